The highest BCUT2D eigenvalue weighted by Crippen LogP contribution is 2.25. The summed E-state index contributed by atoms with van der Waals surface area (Å²) in [5, 5.41) is 5.71. The number of ether oxygens (including phenoxy) is 1. The number of methoxy groups -OCH3 is 1. The highest BCUT2D eigenvalue weighted by atomic mass is 32.1. The van der Waals surface area contributed by atoms with Gasteiger partial charge in [0.15, 0.2) is 0 Å². The Morgan fingerprint density at radius 2 is 2.43 bits per heavy atom. The fraction of sp³-hybridized carbons (Fsp3) is 0.100. The van der Waals surface area contributed by atoms with Gasteiger partial charge in [-0.25, -0.2) is 0 Å². The lowest BCUT2D eigenvalue weighted by atomic mass is 10.2. The maximum atomic E-state index is 4.84. The molecule has 2 aromatic rings. The van der Waals surface area contributed by atoms with Crippen molar-refractivity contribution < 1.29 is 9.26 Å². The highest BCUT2D eigenvalue weighted by Gasteiger charge is 2.02. The zero-order valence-electron chi connectivity index (χ0n) is 7.64. The third kappa shape index (κ3) is 1.85. The van der Waals surface area contributed by atoms with Crippen LogP contribution < -0.4 is 0 Å². The lowest BCUT2D eigenvalue weighted by Crippen LogP contribution is -1.66. The quantitative estimate of drug-likeness (QED) is 0.726. The first-order valence-electron chi connectivity index (χ1n) is 4.08. The molecule has 2 heterocycles. The molecule has 0 atom stereocenters. The van der Waals surface area contributed by atoms with Crippen LogP contribution in [-0.4, -0.2) is 12.3 Å². The van der Waals surface area contributed by atoms with Crippen LogP contribution in [0.5, 0.6) is 0 Å². The minimum atomic E-state index is 0.998. The summed E-state index contributed by atoms with van der Waals surface area (Å²) in [5.41, 5.74) is 2.12. The Balaban J connectivity index is 2.22. The van der Waals surface area contributed by atoms with E-state index in [1.54, 1.807) is 37.2 Å². The number of hydrogen-bond donors (Lipinski definition) is 0. The molecule has 0 aliphatic heterocycles. The zero-order chi connectivity index (χ0) is 9.80. The topological polar surface area (TPSA) is 35.3 Å². The van der Waals surface area contributed by atoms with Crippen molar-refractivity contribution >= 4 is 17.4 Å². The Kier molecular flexibility index (Phi) is 2.65. The summed E-state index contributed by atoms with van der Waals surface area (Å²) >= 11 is 1.65. The molecular weight excluding hydrogens is 198 g/mol. The predicted octanol–water partition coefficient (Wildman–Crippen LogP) is 3.02. The van der Waals surface area contributed by atoms with Gasteiger partial charge in [-0.05, 0) is 23.1 Å². The minimum absolute atomic E-state index is 0.998. The largest absolute Gasteiger partial charge is 0.504 e. The lowest BCUT2D eigenvalue weighted by Gasteiger charge is -1.85. The molecule has 0 amide bonds. The van der Waals surface area contributed by atoms with E-state index in [4.69, 9.17) is 9.26 Å². The predicted molar refractivity (Wildman–Crippen MR) is 55.9 cm³/mol. The van der Waals surface area contributed by atoms with Crippen LogP contribution in [0.25, 0.3) is 17.2 Å². The SMILES string of the molecule is COC=Cc1cc(-c2cnoc2)cs1. The van der Waals surface area contributed by atoms with Crippen LogP contribution in [0.4, 0.5) is 0 Å². The van der Waals surface area contributed by atoms with Crippen molar-refractivity contribution in [2.24, 2.45) is 0 Å². The van der Waals surface area contributed by atoms with Crippen molar-refractivity contribution in [2.75, 3.05) is 7.11 Å². The molecule has 0 unspecified atom stereocenters. The van der Waals surface area contributed by atoms with E-state index in [0.29, 0.717) is 0 Å². The number of hydrogen-bond acceptors (Lipinski definition) is 4. The Morgan fingerprint density at radius 1 is 1.50 bits per heavy atom. The van der Waals surface area contributed by atoms with Gasteiger partial charge in [0.2, 0.25) is 0 Å². The normalized spacial score (nSPS) is 10.9. The van der Waals surface area contributed by atoms with Gasteiger partial charge in [0.1, 0.15) is 6.26 Å². The molecule has 2 aromatic heterocycles. The van der Waals surface area contributed by atoms with Crippen LogP contribution in [0.1, 0.15) is 4.88 Å². The third-order valence-corrected chi connectivity index (χ3v) is 2.65. The molecule has 0 aliphatic carbocycles. The molecule has 2 rings (SSSR count). The number of nitrogens with zero attached hydrogens (tertiary/aromatic N) is 1. The molecule has 0 saturated heterocycles. The fourth-order valence-electron chi connectivity index (χ4n) is 1.07. The summed E-state index contributed by atoms with van der Waals surface area (Å²) in [5.74, 6) is 0. The van der Waals surface area contributed by atoms with E-state index in [-0.39, 0.29) is 0 Å². The van der Waals surface area contributed by atoms with Gasteiger partial charge in [0.25, 0.3) is 0 Å². The van der Waals surface area contributed by atoms with Gasteiger partial charge in [0, 0.05) is 10.4 Å². The second-order valence-corrected chi connectivity index (χ2v) is 3.63. The van der Waals surface area contributed by atoms with E-state index in [1.165, 1.54) is 0 Å². The Labute approximate surface area is 85.6 Å². The van der Waals surface area contributed by atoms with Crippen LogP contribution in [-0.2, 0) is 4.74 Å². The van der Waals surface area contributed by atoms with Gasteiger partial charge < -0.3 is 9.26 Å². The van der Waals surface area contributed by atoms with E-state index in [0.717, 1.165) is 16.0 Å². The average molecular weight is 207 g/mol. The van der Waals surface area contributed by atoms with Gasteiger partial charge in [-0.15, -0.1) is 11.3 Å². The maximum Gasteiger partial charge on any atom is 0.131 e. The van der Waals surface area contributed by atoms with Crippen molar-refractivity contribution in [3.05, 3.63) is 35.0 Å². The van der Waals surface area contributed by atoms with E-state index in [2.05, 4.69) is 16.6 Å². The summed E-state index contributed by atoms with van der Waals surface area (Å²) in [4.78, 5) is 1.14. The van der Waals surface area contributed by atoms with Gasteiger partial charge in [0.05, 0.1) is 19.6 Å². The van der Waals surface area contributed by atoms with Gasteiger partial charge >= 0.3 is 0 Å². The molecule has 0 saturated carbocycles. The Hall–Kier alpha value is -1.55. The van der Waals surface area contributed by atoms with Crippen LogP contribution in [0.3, 0.4) is 0 Å². The van der Waals surface area contributed by atoms with Crippen LogP contribution in [0.2, 0.25) is 0 Å². The average Bonchev–Trinajstić information content (AvgIpc) is 2.85. The molecule has 3 nitrogen and oxygen atoms in total. The molecule has 14 heavy (non-hydrogen) atoms. The van der Waals surface area contributed by atoms with Gasteiger partial charge in [-0.3, -0.25) is 0 Å². The molecule has 0 spiro atoms. The van der Waals surface area contributed by atoms with E-state index in [1.807, 2.05) is 6.08 Å². The molecule has 0 N–H and O–H groups in total. The second-order valence-electron chi connectivity index (χ2n) is 2.69. The van der Waals surface area contributed by atoms with Crippen LogP contribution in [0.15, 0.2) is 34.7 Å². The van der Waals surface area contributed by atoms with Crippen molar-refractivity contribution in [2.45, 2.75) is 0 Å². The first-order valence-corrected chi connectivity index (χ1v) is 4.96. The van der Waals surface area contributed by atoms with Crippen molar-refractivity contribution in [1.82, 2.24) is 5.16 Å². The maximum absolute atomic E-state index is 4.84. The fourth-order valence-corrected chi connectivity index (χ4v) is 1.87. The summed E-state index contributed by atoms with van der Waals surface area (Å²) in [6, 6.07) is 2.06. The number of aromatic nitrogens is 1. The van der Waals surface area contributed by atoms with Crippen molar-refractivity contribution in [3.63, 3.8) is 0 Å². The van der Waals surface area contributed by atoms with Crippen molar-refractivity contribution in [3.8, 4) is 11.1 Å². The number of rotatable bonds is 3. The van der Waals surface area contributed by atoms with E-state index in [9.17, 15) is 0 Å². The lowest BCUT2D eigenvalue weighted by molar-refractivity contribution is 0.341. The highest BCUT2D eigenvalue weighted by molar-refractivity contribution is 7.11. The minimum Gasteiger partial charge on any atom is -0.504 e. The summed E-state index contributed by atoms with van der Waals surface area (Å²) in [6.07, 6.45) is 6.91. The summed E-state index contributed by atoms with van der Waals surface area (Å²) < 4.78 is 9.61. The van der Waals surface area contributed by atoms with Crippen LogP contribution in [0, 0.1) is 0 Å². The Morgan fingerprint density at radius 3 is 3.14 bits per heavy atom. The van der Waals surface area contributed by atoms with E-state index >= 15 is 0 Å². The van der Waals surface area contributed by atoms with Gasteiger partial charge in [-0.1, -0.05) is 5.16 Å². The first-order chi connectivity index (χ1) is 6.90. The van der Waals surface area contributed by atoms with Crippen molar-refractivity contribution in [1.29, 1.82) is 0 Å². The van der Waals surface area contributed by atoms with Crippen LogP contribution >= 0.6 is 11.3 Å². The van der Waals surface area contributed by atoms with Gasteiger partial charge in [-0.2, -0.15) is 0 Å². The van der Waals surface area contributed by atoms with E-state index < -0.39 is 0 Å². The smallest absolute Gasteiger partial charge is 0.131 e. The molecule has 4 heteroatoms. The molecule has 0 aliphatic rings. The summed E-state index contributed by atoms with van der Waals surface area (Å²) in [6.45, 7) is 0. The Bertz CT molecular complexity index is 417. The zero-order valence-corrected chi connectivity index (χ0v) is 8.45. The molecular formula is C10H9NO2S. The number of thiophene rings is 1. The standard InChI is InChI=1S/C10H9NO2S/c1-12-3-2-10-4-8(7-14-10)9-5-11-13-6-9/h2-7H,1H3. The monoisotopic (exact) mass is 207 g/mol. The molecule has 72 valence electrons. The third-order valence-electron chi connectivity index (χ3n) is 1.75. The molecule has 0 fully saturated rings. The molecule has 0 aromatic carbocycles. The molecule has 0 radical (unpaired) electrons. The molecule has 0 bridgehead atoms. The first kappa shape index (κ1) is 9.02. The summed E-state index contributed by atoms with van der Waals surface area (Å²) in [7, 11) is 1.63. The second kappa shape index (κ2) is 4.11.